The highest BCUT2D eigenvalue weighted by Crippen LogP contribution is 2.62. The predicted molar refractivity (Wildman–Crippen MR) is 147 cm³/mol. The van der Waals surface area contributed by atoms with Crippen molar-refractivity contribution in [1.82, 2.24) is 10.2 Å². The molecule has 7 heteroatoms. The lowest BCUT2D eigenvalue weighted by Gasteiger charge is -2.60. The van der Waals surface area contributed by atoms with Crippen molar-refractivity contribution >= 4 is 23.9 Å². The van der Waals surface area contributed by atoms with E-state index in [9.17, 15) is 14.4 Å². The summed E-state index contributed by atoms with van der Waals surface area (Å²) in [5.41, 5.74) is 1.58. The molecular formula is C32H36N2O5. The molecule has 0 radical (unpaired) electrons. The largest absolute Gasteiger partial charge is 0.490 e. The smallest absolute Gasteiger partial charge is 0.331 e. The van der Waals surface area contributed by atoms with Gasteiger partial charge in [0.05, 0.1) is 6.61 Å². The predicted octanol–water partition coefficient (Wildman–Crippen LogP) is 5.73. The van der Waals surface area contributed by atoms with Crippen LogP contribution in [-0.4, -0.2) is 35.4 Å². The SMILES string of the molecule is CCOc1cc(/C=C2\C(=O)NC(=O)N(C(C)C34CC5CC(CC(C5)C3)C4)C2=O)ccc1OCc1ccccc1. The Kier molecular flexibility index (Phi) is 6.69. The third-order valence-electron chi connectivity index (χ3n) is 9.31. The zero-order valence-corrected chi connectivity index (χ0v) is 22.7. The maximum absolute atomic E-state index is 13.7. The summed E-state index contributed by atoms with van der Waals surface area (Å²) in [6.07, 6.45) is 8.58. The van der Waals surface area contributed by atoms with Gasteiger partial charge in [0.2, 0.25) is 0 Å². The number of nitrogens with one attached hydrogen (secondary N) is 1. The van der Waals surface area contributed by atoms with E-state index in [2.05, 4.69) is 5.32 Å². The molecule has 5 fully saturated rings. The lowest BCUT2D eigenvalue weighted by molar-refractivity contribution is -0.139. The van der Waals surface area contributed by atoms with Gasteiger partial charge in [0.1, 0.15) is 12.2 Å². The van der Waals surface area contributed by atoms with Crippen molar-refractivity contribution in [3.63, 3.8) is 0 Å². The van der Waals surface area contributed by atoms with Gasteiger partial charge in [-0.05, 0) is 105 Å². The van der Waals surface area contributed by atoms with Crippen LogP contribution in [-0.2, 0) is 16.2 Å². The molecular weight excluding hydrogens is 492 g/mol. The number of barbiturate groups is 1. The Morgan fingerprint density at radius 2 is 1.62 bits per heavy atom. The second kappa shape index (κ2) is 10.2. The molecule has 1 heterocycles. The third kappa shape index (κ3) is 4.83. The van der Waals surface area contributed by atoms with Crippen LogP contribution in [0.3, 0.4) is 0 Å². The molecule has 39 heavy (non-hydrogen) atoms. The van der Waals surface area contributed by atoms with Crippen molar-refractivity contribution in [2.45, 2.75) is 65.0 Å². The summed E-state index contributed by atoms with van der Waals surface area (Å²) in [6, 6.07) is 14.3. The number of hydrogen-bond acceptors (Lipinski definition) is 5. The van der Waals surface area contributed by atoms with Gasteiger partial charge in [0, 0.05) is 6.04 Å². The average molecular weight is 529 g/mol. The molecule has 0 spiro atoms. The van der Waals surface area contributed by atoms with Crippen molar-refractivity contribution in [2.24, 2.45) is 23.2 Å². The number of imide groups is 2. The highest BCUT2D eigenvalue weighted by molar-refractivity contribution is 6.31. The number of benzene rings is 2. The van der Waals surface area contributed by atoms with E-state index in [1.54, 1.807) is 24.3 Å². The van der Waals surface area contributed by atoms with E-state index in [1.165, 1.54) is 24.2 Å². The molecule has 4 bridgehead atoms. The molecule has 7 nitrogen and oxygen atoms in total. The monoisotopic (exact) mass is 528 g/mol. The topological polar surface area (TPSA) is 84.9 Å². The average Bonchev–Trinajstić information content (AvgIpc) is 2.90. The molecule has 1 N–H and O–H groups in total. The van der Waals surface area contributed by atoms with Crippen LogP contribution < -0.4 is 14.8 Å². The number of nitrogens with zero attached hydrogens (tertiary/aromatic N) is 1. The lowest BCUT2D eigenvalue weighted by Crippen LogP contribution is -2.63. The number of carbonyl (C=O) groups excluding carboxylic acids is 3. The molecule has 204 valence electrons. The van der Waals surface area contributed by atoms with E-state index in [4.69, 9.17) is 9.47 Å². The first-order valence-electron chi connectivity index (χ1n) is 14.2. The molecule has 4 aliphatic carbocycles. The summed E-state index contributed by atoms with van der Waals surface area (Å²) in [5.74, 6) is 2.00. The molecule has 2 aromatic rings. The van der Waals surface area contributed by atoms with Crippen molar-refractivity contribution in [3.05, 3.63) is 65.2 Å². The number of ether oxygens (including phenoxy) is 2. The summed E-state index contributed by atoms with van der Waals surface area (Å²) < 4.78 is 11.8. The molecule has 4 saturated carbocycles. The standard InChI is InChI=1S/C32H36N2O5/c1-3-38-28-15-22(9-10-27(28)39-19-21-7-5-4-6-8-21)14-26-29(35)33-31(37)34(30(26)36)20(2)32-16-23-11-24(17-32)13-25(12-23)18-32/h4-10,14-15,20,23-25H,3,11-13,16-19H2,1-2H3,(H,33,35,37)/b26-14+. The Hall–Kier alpha value is -3.61. The Labute approximate surface area is 229 Å². The van der Waals surface area contributed by atoms with E-state index in [0.29, 0.717) is 48.0 Å². The van der Waals surface area contributed by atoms with Crippen LogP contribution in [0.15, 0.2) is 54.1 Å². The molecule has 0 aromatic heterocycles. The van der Waals surface area contributed by atoms with Crippen LogP contribution in [0.4, 0.5) is 4.79 Å². The summed E-state index contributed by atoms with van der Waals surface area (Å²) in [5, 5.41) is 2.44. The summed E-state index contributed by atoms with van der Waals surface area (Å²) in [4.78, 5) is 41.0. The van der Waals surface area contributed by atoms with E-state index >= 15 is 0 Å². The first kappa shape index (κ1) is 25.7. The molecule has 1 aliphatic heterocycles. The summed E-state index contributed by atoms with van der Waals surface area (Å²) in [6.45, 7) is 4.72. The van der Waals surface area contributed by atoms with Gasteiger partial charge in [0.25, 0.3) is 11.8 Å². The Morgan fingerprint density at radius 1 is 0.949 bits per heavy atom. The minimum Gasteiger partial charge on any atom is -0.490 e. The highest BCUT2D eigenvalue weighted by atomic mass is 16.5. The minimum absolute atomic E-state index is 0.0356. The molecule has 4 amide bonds. The molecule has 1 saturated heterocycles. The summed E-state index contributed by atoms with van der Waals surface area (Å²) >= 11 is 0. The van der Waals surface area contributed by atoms with E-state index in [1.807, 2.05) is 44.2 Å². The minimum atomic E-state index is -0.665. The molecule has 1 atom stereocenters. The van der Waals surface area contributed by atoms with Gasteiger partial charge < -0.3 is 9.47 Å². The van der Waals surface area contributed by atoms with Crippen LogP contribution in [0.25, 0.3) is 6.08 Å². The number of hydrogen-bond donors (Lipinski definition) is 1. The zero-order chi connectivity index (χ0) is 27.1. The van der Waals surface area contributed by atoms with Gasteiger partial charge in [-0.3, -0.25) is 19.8 Å². The number of urea groups is 1. The van der Waals surface area contributed by atoms with Gasteiger partial charge >= 0.3 is 6.03 Å². The van der Waals surface area contributed by atoms with Crippen molar-refractivity contribution in [3.8, 4) is 11.5 Å². The fourth-order valence-electron chi connectivity index (χ4n) is 7.89. The number of amides is 4. The van der Waals surface area contributed by atoms with Crippen molar-refractivity contribution < 1.29 is 23.9 Å². The van der Waals surface area contributed by atoms with Crippen molar-refractivity contribution in [1.29, 1.82) is 0 Å². The maximum Gasteiger partial charge on any atom is 0.331 e. The van der Waals surface area contributed by atoms with Crippen LogP contribution in [0.1, 0.15) is 63.5 Å². The fourth-order valence-corrected chi connectivity index (χ4v) is 7.89. The van der Waals surface area contributed by atoms with Gasteiger partial charge in [-0.1, -0.05) is 36.4 Å². The van der Waals surface area contributed by atoms with E-state index < -0.39 is 17.8 Å². The van der Waals surface area contributed by atoms with Crippen LogP contribution in [0.2, 0.25) is 0 Å². The van der Waals surface area contributed by atoms with Crippen LogP contribution in [0, 0.1) is 23.2 Å². The van der Waals surface area contributed by atoms with Gasteiger partial charge in [-0.25, -0.2) is 4.79 Å². The molecule has 7 rings (SSSR count). The van der Waals surface area contributed by atoms with Crippen molar-refractivity contribution in [2.75, 3.05) is 6.61 Å². The third-order valence-corrected chi connectivity index (χ3v) is 9.31. The van der Waals surface area contributed by atoms with Crippen LogP contribution in [0.5, 0.6) is 11.5 Å². The van der Waals surface area contributed by atoms with Gasteiger partial charge in [0.15, 0.2) is 11.5 Å². The number of carbonyl (C=O) groups is 3. The Balaban J connectivity index is 1.25. The normalized spacial score (nSPS) is 29.5. The van der Waals surface area contributed by atoms with E-state index in [-0.39, 0.29) is 17.0 Å². The zero-order valence-electron chi connectivity index (χ0n) is 22.7. The summed E-state index contributed by atoms with van der Waals surface area (Å²) in [7, 11) is 0. The van der Waals surface area contributed by atoms with Gasteiger partial charge in [-0.2, -0.15) is 0 Å². The molecule has 2 aromatic carbocycles. The van der Waals surface area contributed by atoms with E-state index in [0.717, 1.165) is 24.8 Å². The quantitative estimate of drug-likeness (QED) is 0.349. The fraction of sp³-hybridized carbons (Fsp3) is 0.469. The Bertz CT molecular complexity index is 1280. The second-order valence-electron chi connectivity index (χ2n) is 11.9. The first-order valence-corrected chi connectivity index (χ1v) is 14.2. The molecule has 1 unspecified atom stereocenters. The Morgan fingerprint density at radius 3 is 2.26 bits per heavy atom. The highest BCUT2D eigenvalue weighted by Gasteiger charge is 2.56. The second-order valence-corrected chi connectivity index (χ2v) is 11.9. The van der Waals surface area contributed by atoms with Crippen LogP contribution >= 0.6 is 0 Å². The first-order chi connectivity index (χ1) is 18.8. The lowest BCUT2D eigenvalue weighted by atomic mass is 9.47. The van der Waals surface area contributed by atoms with Gasteiger partial charge in [-0.15, -0.1) is 0 Å². The molecule has 5 aliphatic rings. The maximum atomic E-state index is 13.7. The number of rotatable bonds is 8.